The molecular formula is C15H16F3N5O. The van der Waals surface area contributed by atoms with Crippen molar-refractivity contribution >= 4 is 11.6 Å². The number of alkyl halides is 3. The molecule has 1 aliphatic rings. The summed E-state index contributed by atoms with van der Waals surface area (Å²) in [5.41, 5.74) is -1.66. The molecule has 0 radical (unpaired) electrons. The van der Waals surface area contributed by atoms with E-state index in [0.717, 1.165) is 31.4 Å². The van der Waals surface area contributed by atoms with Crippen molar-refractivity contribution in [2.24, 2.45) is 0 Å². The Morgan fingerprint density at radius 2 is 1.96 bits per heavy atom. The van der Waals surface area contributed by atoms with Crippen molar-refractivity contribution < 1.29 is 18.0 Å². The molecular weight excluding hydrogens is 323 g/mol. The van der Waals surface area contributed by atoms with Gasteiger partial charge in [-0.15, -0.1) is 5.10 Å². The maximum Gasteiger partial charge on any atom is 0.416 e. The predicted octanol–water partition coefficient (Wildman–Crippen LogP) is 2.99. The van der Waals surface area contributed by atoms with Crippen molar-refractivity contribution in [3.8, 4) is 0 Å². The third-order valence-corrected chi connectivity index (χ3v) is 4.34. The van der Waals surface area contributed by atoms with Crippen LogP contribution in [0.4, 0.5) is 18.9 Å². The average Bonchev–Trinajstić information content (AvgIpc) is 3.10. The molecule has 2 aromatic rings. The summed E-state index contributed by atoms with van der Waals surface area (Å²) in [6.45, 7) is 0. The third kappa shape index (κ3) is 3.10. The molecule has 1 heterocycles. The Morgan fingerprint density at radius 1 is 1.21 bits per heavy atom. The molecule has 1 saturated carbocycles. The number of hydrogen-bond acceptors (Lipinski definition) is 4. The van der Waals surface area contributed by atoms with E-state index in [1.54, 1.807) is 0 Å². The lowest BCUT2D eigenvalue weighted by Crippen LogP contribution is -2.47. The zero-order valence-electron chi connectivity index (χ0n) is 12.8. The number of anilines is 1. The summed E-state index contributed by atoms with van der Waals surface area (Å²) in [4.78, 5) is 12.8. The Kier molecular flexibility index (Phi) is 4.25. The minimum atomic E-state index is -4.46. The van der Waals surface area contributed by atoms with Gasteiger partial charge in [-0.05, 0) is 41.5 Å². The van der Waals surface area contributed by atoms with Gasteiger partial charge in [0.15, 0.2) is 0 Å². The van der Waals surface area contributed by atoms with E-state index in [1.165, 1.54) is 23.1 Å². The molecule has 0 unspecified atom stereocenters. The van der Waals surface area contributed by atoms with Gasteiger partial charge in [-0.3, -0.25) is 4.79 Å². The standard InChI is InChI=1S/C15H16F3N5O/c16-15(17,18)11-5-4-6-12(9-11)20-13(24)14(7-2-1-3-8-14)23-10-19-21-22-23/h4-6,9-10H,1-3,7-8H2,(H,20,24). The quantitative estimate of drug-likeness (QED) is 0.933. The first-order chi connectivity index (χ1) is 11.4. The first kappa shape index (κ1) is 16.4. The van der Waals surface area contributed by atoms with Gasteiger partial charge in [0.25, 0.3) is 5.91 Å². The highest BCUT2D eigenvalue weighted by Crippen LogP contribution is 2.36. The minimum Gasteiger partial charge on any atom is -0.324 e. The second kappa shape index (κ2) is 6.21. The number of rotatable bonds is 3. The van der Waals surface area contributed by atoms with Crippen molar-refractivity contribution in [1.29, 1.82) is 0 Å². The first-order valence-corrected chi connectivity index (χ1v) is 7.64. The fourth-order valence-electron chi connectivity index (χ4n) is 3.07. The Morgan fingerprint density at radius 3 is 2.58 bits per heavy atom. The Labute approximate surface area is 136 Å². The van der Waals surface area contributed by atoms with Crippen LogP contribution in [0.2, 0.25) is 0 Å². The molecule has 0 spiro atoms. The van der Waals surface area contributed by atoms with Crippen molar-refractivity contribution in [2.45, 2.75) is 43.8 Å². The number of aromatic nitrogens is 4. The Bertz CT molecular complexity index is 708. The molecule has 1 fully saturated rings. The molecule has 9 heteroatoms. The lowest BCUT2D eigenvalue weighted by Gasteiger charge is -2.35. The number of nitrogens with zero attached hydrogens (tertiary/aromatic N) is 4. The Balaban J connectivity index is 1.87. The van der Waals surface area contributed by atoms with E-state index in [-0.39, 0.29) is 5.69 Å². The van der Waals surface area contributed by atoms with E-state index < -0.39 is 23.2 Å². The summed E-state index contributed by atoms with van der Waals surface area (Å²) in [5.74, 6) is -0.395. The van der Waals surface area contributed by atoms with Crippen molar-refractivity contribution in [1.82, 2.24) is 20.2 Å². The van der Waals surface area contributed by atoms with Gasteiger partial charge in [-0.25, -0.2) is 4.68 Å². The van der Waals surface area contributed by atoms with Crippen LogP contribution in [-0.4, -0.2) is 26.1 Å². The van der Waals surface area contributed by atoms with Gasteiger partial charge in [0.2, 0.25) is 0 Å². The van der Waals surface area contributed by atoms with Gasteiger partial charge >= 0.3 is 6.18 Å². The number of carbonyl (C=O) groups is 1. The van der Waals surface area contributed by atoms with Gasteiger partial charge in [0, 0.05) is 5.69 Å². The van der Waals surface area contributed by atoms with E-state index in [2.05, 4.69) is 20.8 Å². The Hall–Kier alpha value is -2.45. The predicted molar refractivity (Wildman–Crippen MR) is 78.9 cm³/mol. The zero-order chi connectivity index (χ0) is 17.2. The molecule has 6 nitrogen and oxygen atoms in total. The van der Waals surface area contributed by atoms with Crippen molar-refractivity contribution in [2.75, 3.05) is 5.32 Å². The largest absolute Gasteiger partial charge is 0.416 e. The number of nitrogens with one attached hydrogen (secondary N) is 1. The van der Waals surface area contributed by atoms with Crippen LogP contribution in [0.5, 0.6) is 0 Å². The number of tetrazole rings is 1. The van der Waals surface area contributed by atoms with Gasteiger partial charge < -0.3 is 5.32 Å². The smallest absolute Gasteiger partial charge is 0.324 e. The van der Waals surface area contributed by atoms with Gasteiger partial charge in [0.1, 0.15) is 11.9 Å². The number of carbonyl (C=O) groups excluding carboxylic acids is 1. The minimum absolute atomic E-state index is 0.104. The zero-order valence-corrected chi connectivity index (χ0v) is 12.8. The SMILES string of the molecule is O=C(Nc1cccc(C(F)(F)F)c1)C1(n2cnnn2)CCCCC1. The number of halogens is 3. The second-order valence-electron chi connectivity index (χ2n) is 5.88. The summed E-state index contributed by atoms with van der Waals surface area (Å²) in [7, 11) is 0. The summed E-state index contributed by atoms with van der Waals surface area (Å²) in [5, 5.41) is 13.6. The van der Waals surface area contributed by atoms with E-state index >= 15 is 0 Å². The van der Waals surface area contributed by atoms with E-state index in [0.29, 0.717) is 12.8 Å². The maximum absolute atomic E-state index is 12.8. The first-order valence-electron chi connectivity index (χ1n) is 7.64. The van der Waals surface area contributed by atoms with Gasteiger partial charge in [-0.2, -0.15) is 13.2 Å². The molecule has 0 aliphatic heterocycles. The molecule has 128 valence electrons. The van der Waals surface area contributed by atoms with Crippen LogP contribution in [0.1, 0.15) is 37.7 Å². The third-order valence-electron chi connectivity index (χ3n) is 4.34. The van der Waals surface area contributed by atoms with Crippen molar-refractivity contribution in [3.63, 3.8) is 0 Å². The average molecular weight is 339 g/mol. The number of amides is 1. The molecule has 1 amide bonds. The van der Waals surface area contributed by atoms with Crippen LogP contribution in [0.3, 0.4) is 0 Å². The fourth-order valence-corrected chi connectivity index (χ4v) is 3.07. The summed E-state index contributed by atoms with van der Waals surface area (Å²) in [6.07, 6.45) is 0.661. The molecule has 0 atom stereocenters. The lowest BCUT2D eigenvalue weighted by atomic mass is 9.81. The van der Waals surface area contributed by atoms with Crippen LogP contribution in [0, 0.1) is 0 Å². The second-order valence-corrected chi connectivity index (χ2v) is 5.88. The van der Waals surface area contributed by atoms with Crippen LogP contribution >= 0.6 is 0 Å². The van der Waals surface area contributed by atoms with Crippen LogP contribution in [0.15, 0.2) is 30.6 Å². The highest BCUT2D eigenvalue weighted by Gasteiger charge is 2.42. The molecule has 1 aromatic heterocycles. The van der Waals surface area contributed by atoms with Crippen LogP contribution in [0.25, 0.3) is 0 Å². The fraction of sp³-hybridized carbons (Fsp3) is 0.467. The molecule has 0 bridgehead atoms. The monoisotopic (exact) mass is 339 g/mol. The number of hydrogen-bond donors (Lipinski definition) is 1. The van der Waals surface area contributed by atoms with Gasteiger partial charge in [0.05, 0.1) is 5.56 Å². The summed E-state index contributed by atoms with van der Waals surface area (Å²) >= 11 is 0. The normalized spacial score (nSPS) is 17.5. The van der Waals surface area contributed by atoms with Crippen molar-refractivity contribution in [3.05, 3.63) is 36.2 Å². The molecule has 24 heavy (non-hydrogen) atoms. The van der Waals surface area contributed by atoms with E-state index in [9.17, 15) is 18.0 Å². The maximum atomic E-state index is 12.8. The molecule has 0 saturated heterocycles. The lowest BCUT2D eigenvalue weighted by molar-refractivity contribution is -0.137. The number of benzene rings is 1. The highest BCUT2D eigenvalue weighted by molar-refractivity contribution is 5.96. The summed E-state index contributed by atoms with van der Waals surface area (Å²) < 4.78 is 39.9. The molecule has 1 aromatic carbocycles. The van der Waals surface area contributed by atoms with E-state index in [4.69, 9.17) is 0 Å². The topological polar surface area (TPSA) is 72.7 Å². The highest BCUT2D eigenvalue weighted by atomic mass is 19.4. The summed E-state index contributed by atoms with van der Waals surface area (Å²) in [6, 6.07) is 4.59. The van der Waals surface area contributed by atoms with Gasteiger partial charge in [-0.1, -0.05) is 25.3 Å². The van der Waals surface area contributed by atoms with Crippen LogP contribution < -0.4 is 5.32 Å². The van der Waals surface area contributed by atoms with E-state index in [1.807, 2.05) is 0 Å². The molecule has 3 rings (SSSR count). The molecule has 1 aliphatic carbocycles. The van der Waals surface area contributed by atoms with Crippen LogP contribution in [-0.2, 0) is 16.5 Å². The molecule has 1 N–H and O–H groups in total.